The first-order valence-corrected chi connectivity index (χ1v) is 9.80. The topological polar surface area (TPSA) is 59.8 Å². The number of thiophene rings is 1. The maximum Gasteiger partial charge on any atom is 0.267 e. The number of aromatic nitrogens is 3. The molecule has 3 heterocycles. The molecule has 0 atom stereocenters. The van der Waals surface area contributed by atoms with Gasteiger partial charge in [-0.25, -0.2) is 9.97 Å². The fourth-order valence-corrected chi connectivity index (χ4v) is 4.53. The zero-order valence-corrected chi connectivity index (χ0v) is 16.0. The molecule has 0 unspecified atom stereocenters. The van der Waals surface area contributed by atoms with E-state index in [1.165, 1.54) is 11.3 Å². The zero-order chi connectivity index (χ0) is 18.1. The van der Waals surface area contributed by atoms with Gasteiger partial charge in [-0.05, 0) is 36.6 Å². The second-order valence-corrected chi connectivity index (χ2v) is 7.86. The maximum atomic E-state index is 12.6. The van der Waals surface area contributed by atoms with Crippen LogP contribution >= 0.6 is 34.3 Å². The van der Waals surface area contributed by atoms with Gasteiger partial charge in [0.05, 0.1) is 27.6 Å². The lowest BCUT2D eigenvalue weighted by atomic mass is 10.2. The van der Waals surface area contributed by atoms with Crippen LogP contribution in [0.5, 0.6) is 0 Å². The third-order valence-corrected chi connectivity index (χ3v) is 6.22. The molecule has 0 spiro atoms. The third kappa shape index (κ3) is 3.29. The standard InChI is InChI=1S/C18H13ClN4OS2/c1-11-16(26-18(21-11)15-3-2-8-25-15)17(24)22-12-4-5-14(13(19)9-12)23-7-6-20-10-23/h2-10H,1H3,(H,22,24). The van der Waals surface area contributed by atoms with E-state index >= 15 is 0 Å². The number of nitrogens with one attached hydrogen (secondary N) is 1. The van der Waals surface area contributed by atoms with Crippen molar-refractivity contribution < 1.29 is 4.79 Å². The summed E-state index contributed by atoms with van der Waals surface area (Å²) in [6, 6.07) is 9.36. The molecule has 0 aliphatic heterocycles. The number of aryl methyl sites for hydroxylation is 1. The second-order valence-electron chi connectivity index (χ2n) is 5.50. The maximum absolute atomic E-state index is 12.6. The summed E-state index contributed by atoms with van der Waals surface area (Å²) >= 11 is 9.34. The van der Waals surface area contributed by atoms with Gasteiger partial charge in [0, 0.05) is 18.1 Å². The van der Waals surface area contributed by atoms with Crippen LogP contribution in [0.25, 0.3) is 15.6 Å². The van der Waals surface area contributed by atoms with Crippen molar-refractivity contribution in [3.8, 4) is 15.6 Å². The molecular formula is C18H13ClN4OS2. The average Bonchev–Trinajstić information content (AvgIpc) is 3.36. The molecule has 8 heteroatoms. The summed E-state index contributed by atoms with van der Waals surface area (Å²) in [5, 5.41) is 6.28. The van der Waals surface area contributed by atoms with Crippen molar-refractivity contribution in [2.75, 3.05) is 5.32 Å². The summed E-state index contributed by atoms with van der Waals surface area (Å²) in [5.41, 5.74) is 2.16. The number of hydrogen-bond acceptors (Lipinski definition) is 5. The fraction of sp³-hybridized carbons (Fsp3) is 0.0556. The van der Waals surface area contributed by atoms with Crippen LogP contribution in [0, 0.1) is 6.92 Å². The molecule has 4 aromatic rings. The Labute approximate surface area is 162 Å². The molecule has 0 fully saturated rings. The van der Waals surface area contributed by atoms with Crippen LogP contribution in [0.1, 0.15) is 15.4 Å². The smallest absolute Gasteiger partial charge is 0.267 e. The number of nitrogens with zero attached hydrogens (tertiary/aromatic N) is 3. The Bertz CT molecular complexity index is 1060. The number of carbonyl (C=O) groups is 1. The molecule has 4 rings (SSSR count). The Morgan fingerprint density at radius 3 is 2.88 bits per heavy atom. The zero-order valence-electron chi connectivity index (χ0n) is 13.6. The molecule has 0 bridgehead atoms. The average molecular weight is 401 g/mol. The molecule has 1 N–H and O–H groups in total. The molecule has 1 amide bonds. The number of anilines is 1. The van der Waals surface area contributed by atoms with Gasteiger partial charge in [0.2, 0.25) is 0 Å². The molecule has 26 heavy (non-hydrogen) atoms. The van der Waals surface area contributed by atoms with Gasteiger partial charge in [-0.15, -0.1) is 22.7 Å². The van der Waals surface area contributed by atoms with E-state index in [4.69, 9.17) is 11.6 Å². The molecule has 0 aliphatic rings. The Morgan fingerprint density at radius 2 is 2.19 bits per heavy atom. The molecule has 0 aliphatic carbocycles. The minimum absolute atomic E-state index is 0.186. The minimum atomic E-state index is -0.186. The largest absolute Gasteiger partial charge is 0.321 e. The number of imidazole rings is 1. The monoisotopic (exact) mass is 400 g/mol. The van der Waals surface area contributed by atoms with Crippen LogP contribution in [0.3, 0.4) is 0 Å². The van der Waals surface area contributed by atoms with E-state index in [9.17, 15) is 4.79 Å². The number of carbonyl (C=O) groups excluding carboxylic acids is 1. The highest BCUT2D eigenvalue weighted by molar-refractivity contribution is 7.22. The highest BCUT2D eigenvalue weighted by Gasteiger charge is 2.17. The summed E-state index contributed by atoms with van der Waals surface area (Å²) in [6.07, 6.45) is 5.17. The highest BCUT2D eigenvalue weighted by atomic mass is 35.5. The first-order valence-electron chi connectivity index (χ1n) is 7.72. The van der Waals surface area contributed by atoms with Crippen LogP contribution in [0.15, 0.2) is 54.4 Å². The van der Waals surface area contributed by atoms with Gasteiger partial charge < -0.3 is 9.88 Å². The van der Waals surface area contributed by atoms with Gasteiger partial charge in [0.1, 0.15) is 9.88 Å². The van der Waals surface area contributed by atoms with Crippen molar-refractivity contribution in [2.45, 2.75) is 6.92 Å². The SMILES string of the molecule is Cc1nc(-c2cccs2)sc1C(=O)Nc1ccc(-n2ccnc2)c(Cl)c1. The summed E-state index contributed by atoms with van der Waals surface area (Å²) in [5.74, 6) is -0.186. The minimum Gasteiger partial charge on any atom is -0.321 e. The first-order chi connectivity index (χ1) is 12.6. The second kappa shape index (κ2) is 7.03. The Balaban J connectivity index is 1.56. The van der Waals surface area contributed by atoms with Gasteiger partial charge >= 0.3 is 0 Å². The highest BCUT2D eigenvalue weighted by Crippen LogP contribution is 2.32. The lowest BCUT2D eigenvalue weighted by Crippen LogP contribution is -2.11. The van der Waals surface area contributed by atoms with Crippen molar-refractivity contribution >= 4 is 45.9 Å². The first kappa shape index (κ1) is 17.0. The predicted molar refractivity (Wildman–Crippen MR) is 107 cm³/mol. The van der Waals surface area contributed by atoms with E-state index in [0.717, 1.165) is 21.3 Å². The Kier molecular flexibility index (Phi) is 4.58. The summed E-state index contributed by atoms with van der Waals surface area (Å²) in [4.78, 5) is 22.8. The fourth-order valence-electron chi connectivity index (χ4n) is 2.50. The van der Waals surface area contributed by atoms with Gasteiger partial charge in [-0.3, -0.25) is 4.79 Å². The van der Waals surface area contributed by atoms with Crippen molar-refractivity contribution in [2.24, 2.45) is 0 Å². The normalized spacial score (nSPS) is 10.8. The van der Waals surface area contributed by atoms with Crippen molar-refractivity contribution in [1.82, 2.24) is 14.5 Å². The van der Waals surface area contributed by atoms with E-state index in [1.807, 2.05) is 47.3 Å². The Morgan fingerprint density at radius 1 is 1.31 bits per heavy atom. The number of benzene rings is 1. The molecule has 0 saturated heterocycles. The third-order valence-electron chi connectivity index (χ3n) is 3.72. The van der Waals surface area contributed by atoms with Crippen molar-refractivity contribution in [1.29, 1.82) is 0 Å². The van der Waals surface area contributed by atoms with E-state index in [0.29, 0.717) is 15.6 Å². The molecule has 130 valence electrons. The number of hydrogen-bond donors (Lipinski definition) is 1. The van der Waals surface area contributed by atoms with Crippen LogP contribution in [0.4, 0.5) is 5.69 Å². The molecular weight excluding hydrogens is 388 g/mol. The van der Waals surface area contributed by atoms with Crippen LogP contribution in [-0.2, 0) is 0 Å². The number of amides is 1. The Hall–Kier alpha value is -2.48. The van der Waals surface area contributed by atoms with Gasteiger partial charge in [-0.2, -0.15) is 0 Å². The lowest BCUT2D eigenvalue weighted by molar-refractivity contribution is 0.103. The summed E-state index contributed by atoms with van der Waals surface area (Å²) < 4.78 is 1.81. The van der Waals surface area contributed by atoms with Crippen molar-refractivity contribution in [3.05, 3.63) is 70.0 Å². The van der Waals surface area contributed by atoms with Crippen LogP contribution < -0.4 is 5.32 Å². The van der Waals surface area contributed by atoms with Crippen LogP contribution in [0.2, 0.25) is 5.02 Å². The molecule has 0 saturated carbocycles. The lowest BCUT2D eigenvalue weighted by Gasteiger charge is -2.09. The number of rotatable bonds is 4. The molecule has 3 aromatic heterocycles. The van der Waals surface area contributed by atoms with Gasteiger partial charge in [0.25, 0.3) is 5.91 Å². The van der Waals surface area contributed by atoms with E-state index < -0.39 is 0 Å². The quantitative estimate of drug-likeness (QED) is 0.507. The van der Waals surface area contributed by atoms with Crippen molar-refractivity contribution in [3.63, 3.8) is 0 Å². The number of thiazole rings is 1. The van der Waals surface area contributed by atoms with E-state index in [1.54, 1.807) is 29.9 Å². The molecule has 1 aromatic carbocycles. The van der Waals surface area contributed by atoms with E-state index in [2.05, 4.69) is 15.3 Å². The molecule has 0 radical (unpaired) electrons. The van der Waals surface area contributed by atoms with Crippen LogP contribution in [-0.4, -0.2) is 20.4 Å². The summed E-state index contributed by atoms with van der Waals surface area (Å²) in [6.45, 7) is 1.84. The van der Waals surface area contributed by atoms with Gasteiger partial charge in [-0.1, -0.05) is 17.7 Å². The predicted octanol–water partition coefficient (Wildman–Crippen LogP) is 5.27. The number of halogens is 1. The molecule has 5 nitrogen and oxygen atoms in total. The van der Waals surface area contributed by atoms with Gasteiger partial charge in [0.15, 0.2) is 0 Å². The summed E-state index contributed by atoms with van der Waals surface area (Å²) in [7, 11) is 0. The van der Waals surface area contributed by atoms with E-state index in [-0.39, 0.29) is 5.91 Å².